The number of hydrogen-bond acceptors (Lipinski definition) is 5. The van der Waals surface area contributed by atoms with Gasteiger partial charge in [-0.25, -0.2) is 4.98 Å². The van der Waals surface area contributed by atoms with Crippen LogP contribution in [0.1, 0.15) is 18.8 Å². The smallest absolute Gasteiger partial charge is 0.246 e. The molecule has 1 aromatic heterocycles. The predicted molar refractivity (Wildman–Crippen MR) is 84.2 cm³/mol. The van der Waals surface area contributed by atoms with E-state index < -0.39 is 0 Å². The van der Waals surface area contributed by atoms with Crippen molar-refractivity contribution in [1.29, 1.82) is 0 Å². The molecule has 0 spiro atoms. The van der Waals surface area contributed by atoms with Crippen molar-refractivity contribution in [3.05, 3.63) is 18.2 Å². The molecule has 0 aliphatic carbocycles. The van der Waals surface area contributed by atoms with Crippen LogP contribution in [-0.2, 0) is 16.6 Å². The molecular weight excluding hydrogens is 302 g/mol. The van der Waals surface area contributed by atoms with Crippen molar-refractivity contribution in [2.24, 2.45) is 7.05 Å². The van der Waals surface area contributed by atoms with Crippen molar-refractivity contribution in [1.82, 2.24) is 24.7 Å². The van der Waals surface area contributed by atoms with E-state index in [2.05, 4.69) is 10.3 Å². The van der Waals surface area contributed by atoms with Gasteiger partial charge in [-0.3, -0.25) is 9.59 Å². The molecule has 2 fully saturated rings. The SMILES string of the molecule is CC(=O)N1CSCC1C(=O)N1CCNCC1c1nccn1C. The number of hydrogen-bond donors (Lipinski definition) is 1. The Morgan fingerprint density at radius 2 is 2.23 bits per heavy atom. The highest BCUT2D eigenvalue weighted by atomic mass is 32.2. The second-order valence-electron chi connectivity index (χ2n) is 5.65. The molecule has 2 saturated heterocycles. The van der Waals surface area contributed by atoms with Gasteiger partial charge >= 0.3 is 0 Å². The fraction of sp³-hybridized carbons (Fsp3) is 0.643. The Labute approximate surface area is 134 Å². The largest absolute Gasteiger partial charge is 0.336 e. The average molecular weight is 323 g/mol. The van der Waals surface area contributed by atoms with E-state index in [0.717, 1.165) is 12.4 Å². The number of nitrogens with one attached hydrogen (secondary N) is 1. The lowest BCUT2D eigenvalue weighted by molar-refractivity contribution is -0.145. The number of thioether (sulfide) groups is 1. The molecule has 120 valence electrons. The standard InChI is InChI=1S/C14H21N5O2S/c1-10(20)19-9-22-8-12(19)14(21)18-6-3-15-7-11(18)13-16-4-5-17(13)2/h4-5,11-12,15H,3,6-9H2,1-2H3. The number of nitrogens with zero attached hydrogens (tertiary/aromatic N) is 4. The Kier molecular flexibility index (Phi) is 4.39. The number of carbonyl (C=O) groups is 2. The summed E-state index contributed by atoms with van der Waals surface area (Å²) in [6.07, 6.45) is 3.64. The second-order valence-corrected chi connectivity index (χ2v) is 6.65. The molecule has 0 aromatic carbocycles. The molecule has 2 unspecified atom stereocenters. The van der Waals surface area contributed by atoms with Crippen LogP contribution >= 0.6 is 11.8 Å². The molecule has 2 atom stereocenters. The minimum atomic E-state index is -0.344. The van der Waals surface area contributed by atoms with Gasteiger partial charge < -0.3 is 19.7 Å². The first-order chi connectivity index (χ1) is 10.6. The lowest BCUT2D eigenvalue weighted by Crippen LogP contribution is -2.55. The van der Waals surface area contributed by atoms with Gasteiger partial charge in [0, 0.05) is 51.8 Å². The number of aryl methyl sites for hydroxylation is 1. The van der Waals surface area contributed by atoms with Gasteiger partial charge in [0.25, 0.3) is 0 Å². The van der Waals surface area contributed by atoms with Crippen LogP contribution in [-0.4, -0.2) is 68.5 Å². The first-order valence-corrected chi connectivity index (χ1v) is 8.58. The molecule has 0 saturated carbocycles. The van der Waals surface area contributed by atoms with Crippen molar-refractivity contribution < 1.29 is 9.59 Å². The highest BCUT2D eigenvalue weighted by molar-refractivity contribution is 7.99. The number of aromatic nitrogens is 2. The Balaban J connectivity index is 1.83. The van der Waals surface area contributed by atoms with E-state index in [1.165, 1.54) is 6.92 Å². The van der Waals surface area contributed by atoms with Crippen LogP contribution in [0.5, 0.6) is 0 Å². The number of amides is 2. The number of imidazole rings is 1. The number of piperazine rings is 1. The molecule has 22 heavy (non-hydrogen) atoms. The average Bonchev–Trinajstić information content (AvgIpc) is 3.15. The molecule has 7 nitrogen and oxygen atoms in total. The summed E-state index contributed by atoms with van der Waals surface area (Å²) in [4.78, 5) is 32.7. The van der Waals surface area contributed by atoms with E-state index in [-0.39, 0.29) is 23.9 Å². The number of rotatable bonds is 2. The highest BCUT2D eigenvalue weighted by Gasteiger charge is 2.39. The molecule has 8 heteroatoms. The minimum Gasteiger partial charge on any atom is -0.336 e. The third-order valence-electron chi connectivity index (χ3n) is 4.25. The zero-order valence-electron chi connectivity index (χ0n) is 12.9. The maximum atomic E-state index is 13.0. The summed E-state index contributed by atoms with van der Waals surface area (Å²) in [5.74, 6) is 2.16. The lowest BCUT2D eigenvalue weighted by atomic mass is 10.1. The van der Waals surface area contributed by atoms with Crippen LogP contribution in [0.25, 0.3) is 0 Å². The second kappa shape index (κ2) is 6.29. The molecule has 2 aliphatic rings. The van der Waals surface area contributed by atoms with Crippen LogP contribution < -0.4 is 5.32 Å². The Morgan fingerprint density at radius 1 is 1.41 bits per heavy atom. The van der Waals surface area contributed by atoms with Crippen molar-refractivity contribution in [2.75, 3.05) is 31.3 Å². The molecule has 2 aliphatic heterocycles. The molecule has 0 radical (unpaired) electrons. The summed E-state index contributed by atoms with van der Waals surface area (Å²) in [6, 6.07) is -0.427. The summed E-state index contributed by atoms with van der Waals surface area (Å²) in [7, 11) is 1.94. The van der Waals surface area contributed by atoms with Gasteiger partial charge in [0.15, 0.2) is 0 Å². The van der Waals surface area contributed by atoms with E-state index in [1.54, 1.807) is 22.9 Å². The fourth-order valence-corrected chi connectivity index (χ4v) is 4.26. The molecule has 3 heterocycles. The van der Waals surface area contributed by atoms with E-state index in [9.17, 15) is 9.59 Å². The van der Waals surface area contributed by atoms with Gasteiger partial charge in [-0.1, -0.05) is 0 Å². The van der Waals surface area contributed by atoms with Crippen LogP contribution in [0, 0.1) is 0 Å². The van der Waals surface area contributed by atoms with Crippen LogP contribution in [0.15, 0.2) is 12.4 Å². The van der Waals surface area contributed by atoms with Crippen LogP contribution in [0.3, 0.4) is 0 Å². The fourth-order valence-electron chi connectivity index (χ4n) is 3.05. The Morgan fingerprint density at radius 3 is 2.91 bits per heavy atom. The van der Waals surface area contributed by atoms with E-state index >= 15 is 0 Å². The third-order valence-corrected chi connectivity index (χ3v) is 5.27. The van der Waals surface area contributed by atoms with Gasteiger partial charge in [0.2, 0.25) is 11.8 Å². The monoisotopic (exact) mass is 323 g/mol. The molecule has 3 rings (SSSR count). The first kappa shape index (κ1) is 15.4. The van der Waals surface area contributed by atoms with E-state index in [1.807, 2.05) is 22.7 Å². The zero-order valence-corrected chi connectivity index (χ0v) is 13.7. The van der Waals surface area contributed by atoms with E-state index in [0.29, 0.717) is 24.7 Å². The first-order valence-electron chi connectivity index (χ1n) is 7.43. The quantitative estimate of drug-likeness (QED) is 0.817. The van der Waals surface area contributed by atoms with Gasteiger partial charge in [-0.2, -0.15) is 0 Å². The van der Waals surface area contributed by atoms with Crippen LogP contribution in [0.2, 0.25) is 0 Å². The van der Waals surface area contributed by atoms with Gasteiger partial charge in [0.05, 0.1) is 5.88 Å². The normalized spacial score (nSPS) is 25.5. The summed E-state index contributed by atoms with van der Waals surface area (Å²) in [5, 5.41) is 3.33. The van der Waals surface area contributed by atoms with Gasteiger partial charge in [-0.05, 0) is 0 Å². The van der Waals surface area contributed by atoms with E-state index in [4.69, 9.17) is 0 Å². The Hall–Kier alpha value is -1.54. The van der Waals surface area contributed by atoms with Crippen LogP contribution in [0.4, 0.5) is 0 Å². The lowest BCUT2D eigenvalue weighted by Gasteiger charge is -2.38. The molecule has 2 amide bonds. The molecule has 0 bridgehead atoms. The number of carbonyl (C=O) groups excluding carboxylic acids is 2. The minimum absolute atomic E-state index is 0.0352. The maximum Gasteiger partial charge on any atom is 0.246 e. The van der Waals surface area contributed by atoms with Crippen molar-refractivity contribution in [3.63, 3.8) is 0 Å². The highest BCUT2D eigenvalue weighted by Crippen LogP contribution is 2.27. The summed E-state index contributed by atoms with van der Waals surface area (Å²) in [6.45, 7) is 3.63. The maximum absolute atomic E-state index is 13.0. The summed E-state index contributed by atoms with van der Waals surface area (Å²) < 4.78 is 1.95. The van der Waals surface area contributed by atoms with Crippen molar-refractivity contribution >= 4 is 23.6 Å². The molecule has 1 aromatic rings. The van der Waals surface area contributed by atoms with Crippen molar-refractivity contribution in [3.8, 4) is 0 Å². The van der Waals surface area contributed by atoms with Gasteiger partial charge in [0.1, 0.15) is 17.9 Å². The molecular formula is C14H21N5O2S. The van der Waals surface area contributed by atoms with Gasteiger partial charge in [-0.15, -0.1) is 11.8 Å². The zero-order chi connectivity index (χ0) is 15.7. The summed E-state index contributed by atoms with van der Waals surface area (Å²) in [5.41, 5.74) is 0. The predicted octanol–water partition coefficient (Wildman–Crippen LogP) is -0.186. The van der Waals surface area contributed by atoms with Crippen molar-refractivity contribution in [2.45, 2.75) is 19.0 Å². The Bertz CT molecular complexity index is 575. The molecule has 1 N–H and O–H groups in total. The topological polar surface area (TPSA) is 70.5 Å². The summed E-state index contributed by atoms with van der Waals surface area (Å²) >= 11 is 1.63. The third kappa shape index (κ3) is 2.72.